The smallest absolute Gasteiger partial charge is 0.376 e. The molecule has 0 radical (unpaired) electrons. The normalized spacial score (nSPS) is 21.1. The number of nitrogens with zero attached hydrogens (tertiary/aromatic N) is 3. The minimum absolute atomic E-state index is 0.0601. The lowest BCUT2D eigenvalue weighted by atomic mass is 10.1. The number of aryl methyl sites for hydroxylation is 1. The quantitative estimate of drug-likeness (QED) is 0.671. The van der Waals surface area contributed by atoms with Crippen molar-refractivity contribution in [1.29, 1.82) is 0 Å². The Morgan fingerprint density at radius 1 is 1.31 bits per heavy atom. The maximum absolute atomic E-state index is 13.6. The van der Waals surface area contributed by atoms with E-state index in [0.717, 1.165) is 41.5 Å². The van der Waals surface area contributed by atoms with E-state index in [0.29, 0.717) is 13.2 Å². The summed E-state index contributed by atoms with van der Waals surface area (Å²) >= 11 is 1.73. The van der Waals surface area contributed by atoms with Gasteiger partial charge in [0.15, 0.2) is 5.69 Å². The monoisotopic (exact) mass is 467 g/mol. The lowest BCUT2D eigenvalue weighted by Crippen LogP contribution is -2.46. The van der Waals surface area contributed by atoms with Gasteiger partial charge in [0.05, 0.1) is 17.4 Å². The summed E-state index contributed by atoms with van der Waals surface area (Å²) in [5.41, 5.74) is -1.88. The molecular formula is C22H24F3N3O3S. The molecule has 2 saturated heterocycles. The van der Waals surface area contributed by atoms with E-state index in [4.69, 9.17) is 4.74 Å². The average molecular weight is 468 g/mol. The van der Waals surface area contributed by atoms with E-state index in [2.05, 4.69) is 5.10 Å². The fourth-order valence-corrected chi connectivity index (χ4v) is 5.37. The first-order valence-corrected chi connectivity index (χ1v) is 11.7. The highest BCUT2D eigenvalue weighted by molar-refractivity contribution is 7.99. The van der Waals surface area contributed by atoms with Crippen LogP contribution in [0.2, 0.25) is 0 Å². The molecule has 4 rings (SSSR count). The highest BCUT2D eigenvalue weighted by atomic mass is 32.2. The molecule has 0 bridgehead atoms. The molecule has 2 aliphatic heterocycles. The van der Waals surface area contributed by atoms with Crippen LogP contribution in [-0.4, -0.2) is 57.4 Å². The number of carbonyl (C=O) groups is 1. The molecule has 0 N–H and O–H groups in total. The predicted molar refractivity (Wildman–Crippen MR) is 115 cm³/mol. The molecule has 172 valence electrons. The van der Waals surface area contributed by atoms with Crippen LogP contribution in [-0.2, 0) is 10.9 Å². The molecule has 6 nitrogen and oxygen atoms in total. The minimum atomic E-state index is -4.61. The van der Waals surface area contributed by atoms with Crippen LogP contribution in [0.15, 0.2) is 35.1 Å². The molecule has 1 aromatic carbocycles. The SMILES string of the molecule is Cc1cc(=O)c(C(=O)N(CC2CCCO2)C2CCSC2)nn1-c1ccccc1C(F)(F)F. The van der Waals surface area contributed by atoms with Crippen molar-refractivity contribution in [3.8, 4) is 5.69 Å². The molecule has 2 aliphatic rings. The summed E-state index contributed by atoms with van der Waals surface area (Å²) in [5, 5.41) is 4.15. The Morgan fingerprint density at radius 2 is 2.09 bits per heavy atom. The number of aromatic nitrogens is 2. The van der Waals surface area contributed by atoms with Crippen molar-refractivity contribution in [3.05, 3.63) is 57.5 Å². The maximum atomic E-state index is 13.6. The largest absolute Gasteiger partial charge is 0.418 e. The Hall–Kier alpha value is -2.33. The number of hydrogen-bond acceptors (Lipinski definition) is 5. The summed E-state index contributed by atoms with van der Waals surface area (Å²) in [7, 11) is 0. The zero-order valence-electron chi connectivity index (χ0n) is 17.6. The van der Waals surface area contributed by atoms with E-state index < -0.39 is 23.1 Å². The second-order valence-corrected chi connectivity index (χ2v) is 9.19. The van der Waals surface area contributed by atoms with Crippen molar-refractivity contribution in [2.75, 3.05) is 24.7 Å². The van der Waals surface area contributed by atoms with Crippen LogP contribution < -0.4 is 5.43 Å². The lowest BCUT2D eigenvalue weighted by Gasteiger charge is -2.30. The Balaban J connectivity index is 1.75. The van der Waals surface area contributed by atoms with E-state index in [1.54, 1.807) is 16.7 Å². The van der Waals surface area contributed by atoms with Gasteiger partial charge in [-0.1, -0.05) is 12.1 Å². The van der Waals surface area contributed by atoms with Crippen molar-refractivity contribution in [2.45, 2.75) is 44.5 Å². The number of amides is 1. The topological polar surface area (TPSA) is 64.4 Å². The van der Waals surface area contributed by atoms with E-state index >= 15 is 0 Å². The predicted octanol–water partition coefficient (Wildman–Crippen LogP) is 3.69. The van der Waals surface area contributed by atoms with Crippen LogP contribution in [0.5, 0.6) is 0 Å². The first-order valence-electron chi connectivity index (χ1n) is 10.5. The van der Waals surface area contributed by atoms with Gasteiger partial charge in [0, 0.05) is 36.7 Å². The minimum Gasteiger partial charge on any atom is -0.376 e. The van der Waals surface area contributed by atoms with Gasteiger partial charge >= 0.3 is 6.18 Å². The highest BCUT2D eigenvalue weighted by Gasteiger charge is 2.36. The van der Waals surface area contributed by atoms with Crippen LogP contribution in [0.3, 0.4) is 0 Å². The summed E-state index contributed by atoms with van der Waals surface area (Å²) in [6.07, 6.45) is -2.18. The molecule has 2 aromatic rings. The number of benzene rings is 1. The summed E-state index contributed by atoms with van der Waals surface area (Å²) in [5.74, 6) is 1.09. The number of halogens is 3. The van der Waals surface area contributed by atoms with Crippen LogP contribution in [0, 0.1) is 6.92 Å². The zero-order valence-corrected chi connectivity index (χ0v) is 18.4. The summed E-state index contributed by atoms with van der Waals surface area (Å²) in [4.78, 5) is 27.8. The van der Waals surface area contributed by atoms with Gasteiger partial charge in [0.1, 0.15) is 0 Å². The molecule has 0 spiro atoms. The molecule has 10 heteroatoms. The Morgan fingerprint density at radius 3 is 2.75 bits per heavy atom. The average Bonchev–Trinajstić information content (AvgIpc) is 3.45. The third-order valence-corrected chi connectivity index (χ3v) is 6.92. The van der Waals surface area contributed by atoms with Gasteiger partial charge in [0.2, 0.25) is 5.43 Å². The zero-order chi connectivity index (χ0) is 22.9. The number of para-hydroxylation sites is 1. The molecule has 1 amide bonds. The van der Waals surface area contributed by atoms with Gasteiger partial charge in [-0.05, 0) is 44.1 Å². The van der Waals surface area contributed by atoms with Gasteiger partial charge in [-0.3, -0.25) is 9.59 Å². The maximum Gasteiger partial charge on any atom is 0.418 e. The Kier molecular flexibility index (Phi) is 6.62. The lowest BCUT2D eigenvalue weighted by molar-refractivity contribution is -0.137. The number of ether oxygens (including phenoxy) is 1. The van der Waals surface area contributed by atoms with E-state index in [1.807, 2.05) is 0 Å². The molecular weight excluding hydrogens is 443 g/mol. The van der Waals surface area contributed by atoms with Gasteiger partial charge in [-0.25, -0.2) is 4.68 Å². The van der Waals surface area contributed by atoms with Crippen LogP contribution in [0.1, 0.15) is 41.0 Å². The van der Waals surface area contributed by atoms with Gasteiger partial charge in [-0.2, -0.15) is 30.0 Å². The number of carbonyl (C=O) groups excluding carboxylic acids is 1. The third-order valence-electron chi connectivity index (χ3n) is 5.78. The van der Waals surface area contributed by atoms with Crippen molar-refractivity contribution >= 4 is 17.7 Å². The molecule has 2 unspecified atom stereocenters. The van der Waals surface area contributed by atoms with E-state index in [1.165, 1.54) is 31.2 Å². The summed E-state index contributed by atoms with van der Waals surface area (Å²) < 4.78 is 47.4. The second-order valence-electron chi connectivity index (χ2n) is 8.04. The fourth-order valence-electron chi connectivity index (χ4n) is 4.15. The molecule has 2 atom stereocenters. The van der Waals surface area contributed by atoms with Crippen molar-refractivity contribution in [3.63, 3.8) is 0 Å². The highest BCUT2D eigenvalue weighted by Crippen LogP contribution is 2.33. The van der Waals surface area contributed by atoms with Crippen LogP contribution in [0.25, 0.3) is 5.69 Å². The van der Waals surface area contributed by atoms with Gasteiger partial charge in [-0.15, -0.1) is 0 Å². The Bertz CT molecular complexity index is 1040. The number of rotatable bonds is 5. The van der Waals surface area contributed by atoms with Crippen LogP contribution in [0.4, 0.5) is 13.2 Å². The van der Waals surface area contributed by atoms with Gasteiger partial charge < -0.3 is 9.64 Å². The number of hydrogen-bond donors (Lipinski definition) is 0. The molecule has 2 fully saturated rings. The van der Waals surface area contributed by atoms with Crippen molar-refractivity contribution in [1.82, 2.24) is 14.7 Å². The first-order chi connectivity index (χ1) is 15.3. The summed E-state index contributed by atoms with van der Waals surface area (Å²) in [6.45, 7) is 2.47. The fraction of sp³-hybridized carbons (Fsp3) is 0.500. The molecule has 1 aromatic heterocycles. The van der Waals surface area contributed by atoms with Crippen molar-refractivity contribution in [2.24, 2.45) is 0 Å². The first kappa shape index (κ1) is 22.8. The van der Waals surface area contributed by atoms with E-state index in [9.17, 15) is 22.8 Å². The molecule has 0 saturated carbocycles. The number of alkyl halides is 3. The van der Waals surface area contributed by atoms with Crippen molar-refractivity contribution < 1.29 is 22.7 Å². The summed E-state index contributed by atoms with van der Waals surface area (Å²) in [6, 6.07) is 6.09. The van der Waals surface area contributed by atoms with Crippen LogP contribution >= 0.6 is 11.8 Å². The molecule has 3 heterocycles. The molecule has 0 aliphatic carbocycles. The Labute approximate surface area is 187 Å². The molecule has 32 heavy (non-hydrogen) atoms. The third kappa shape index (κ3) is 4.71. The second kappa shape index (κ2) is 9.27. The van der Waals surface area contributed by atoms with Gasteiger partial charge in [0.25, 0.3) is 5.91 Å². The standard InChI is InChI=1S/C22H24F3N3O3S/c1-14-11-19(29)20(26-28(14)18-7-3-2-6-17(18)22(23,24)25)21(30)27(15-8-10-32-13-15)12-16-5-4-9-31-16/h2-3,6-7,11,15-16H,4-5,8-10,12-13H2,1H3. The number of thioether (sulfide) groups is 1. The van der Waals surface area contributed by atoms with E-state index in [-0.39, 0.29) is 29.2 Å².